The number of carbonyl (C=O) groups is 3. The maximum atomic E-state index is 13.6. The van der Waals surface area contributed by atoms with Crippen molar-refractivity contribution in [2.75, 3.05) is 11.9 Å². The van der Waals surface area contributed by atoms with E-state index in [1.807, 2.05) is 19.9 Å². The van der Waals surface area contributed by atoms with E-state index >= 15 is 0 Å². The van der Waals surface area contributed by atoms with E-state index in [-0.39, 0.29) is 35.3 Å². The molecule has 6 rings (SSSR count). The second kappa shape index (κ2) is 5.68. The summed E-state index contributed by atoms with van der Waals surface area (Å²) in [5.74, 6) is -3.74. The van der Waals surface area contributed by atoms with E-state index in [2.05, 4.69) is 22.5 Å². The summed E-state index contributed by atoms with van der Waals surface area (Å²) in [6, 6.07) is 0. The van der Waals surface area contributed by atoms with Crippen LogP contribution >= 0.6 is 15.9 Å². The number of ketones is 2. The van der Waals surface area contributed by atoms with Gasteiger partial charge in [0.05, 0.1) is 17.4 Å². The van der Waals surface area contributed by atoms with Crippen LogP contribution in [0.25, 0.3) is 0 Å². The van der Waals surface area contributed by atoms with Gasteiger partial charge in [0.15, 0.2) is 17.7 Å². The Hall–Kier alpha value is -1.31. The summed E-state index contributed by atoms with van der Waals surface area (Å²) >= 11 is 3.11. The summed E-state index contributed by atoms with van der Waals surface area (Å²) in [6.45, 7) is 7.99. The molecule has 4 aliphatic carbocycles. The van der Waals surface area contributed by atoms with Crippen LogP contribution in [0.3, 0.4) is 0 Å². The first-order chi connectivity index (χ1) is 13.6. The number of carbonyl (C=O) groups excluding carboxylic acids is 3. The lowest BCUT2D eigenvalue weighted by atomic mass is 9.37. The van der Waals surface area contributed by atoms with E-state index in [1.165, 1.54) is 0 Å². The minimum absolute atomic E-state index is 0.0278. The smallest absolute Gasteiger partial charge is 0.317 e. The van der Waals surface area contributed by atoms with Crippen molar-refractivity contribution in [2.24, 2.45) is 34.0 Å². The molecular weight excluding hydrogens is 440 g/mol. The molecule has 7 heteroatoms. The Bertz CT molecular complexity index is 892. The van der Waals surface area contributed by atoms with Gasteiger partial charge in [0.1, 0.15) is 5.33 Å². The standard InChI is InChI=1S/C22H25BrO6/c1-11-12-4-5-13-20-10-28-22(27,21(13,8-12)17(11)26)18(29-15(25)9-23)16(20)19(2,3)7-6-14(20)24/h6-7,12-13,16,18,27H,1,4-5,8-10H2,2-3H3/t12-,13+,16-,18+,20-,21+,22+/m1/s1. The number of Topliss-reactive ketones (excluding diaryl/α,β-unsaturated/α-hetero) is 1. The van der Waals surface area contributed by atoms with Crippen LogP contribution in [0.15, 0.2) is 24.3 Å². The normalized spacial score (nSPS) is 49.0. The maximum absolute atomic E-state index is 13.6. The van der Waals surface area contributed by atoms with Crippen molar-refractivity contribution in [3.63, 3.8) is 0 Å². The first-order valence-corrected chi connectivity index (χ1v) is 11.3. The second-order valence-corrected chi connectivity index (χ2v) is 10.5. The summed E-state index contributed by atoms with van der Waals surface area (Å²) in [5, 5.41) is 12.0. The summed E-state index contributed by atoms with van der Waals surface area (Å²) in [6.07, 6.45) is 4.11. The topological polar surface area (TPSA) is 89.9 Å². The Kier molecular flexibility index (Phi) is 3.85. The molecule has 2 spiro atoms. The average molecular weight is 465 g/mol. The Morgan fingerprint density at radius 2 is 2.10 bits per heavy atom. The van der Waals surface area contributed by atoms with E-state index < -0.39 is 40.0 Å². The molecule has 1 N–H and O–H groups in total. The molecular formula is C22H25BrO6. The molecule has 7 atom stereocenters. The fraction of sp³-hybridized carbons (Fsp3) is 0.682. The summed E-state index contributed by atoms with van der Waals surface area (Å²) in [7, 11) is 0. The van der Waals surface area contributed by atoms with Gasteiger partial charge in [0.25, 0.3) is 0 Å². The van der Waals surface area contributed by atoms with Crippen molar-refractivity contribution in [3.8, 4) is 0 Å². The van der Waals surface area contributed by atoms with Gasteiger partial charge in [-0.1, -0.05) is 42.4 Å². The maximum Gasteiger partial charge on any atom is 0.317 e. The largest absolute Gasteiger partial charge is 0.456 e. The fourth-order valence-electron chi connectivity index (χ4n) is 7.44. The van der Waals surface area contributed by atoms with Crippen LogP contribution in [-0.2, 0) is 23.9 Å². The van der Waals surface area contributed by atoms with E-state index in [1.54, 1.807) is 6.08 Å². The van der Waals surface area contributed by atoms with Gasteiger partial charge in [-0.25, -0.2) is 0 Å². The highest BCUT2D eigenvalue weighted by atomic mass is 79.9. The Labute approximate surface area is 177 Å². The van der Waals surface area contributed by atoms with Gasteiger partial charge in [0, 0.05) is 5.92 Å². The van der Waals surface area contributed by atoms with Gasteiger partial charge >= 0.3 is 5.97 Å². The van der Waals surface area contributed by atoms with Crippen LogP contribution < -0.4 is 0 Å². The molecule has 3 saturated carbocycles. The molecule has 0 aromatic heterocycles. The zero-order chi connectivity index (χ0) is 21.0. The molecule has 156 valence electrons. The van der Waals surface area contributed by atoms with Crippen LogP contribution in [0.5, 0.6) is 0 Å². The minimum Gasteiger partial charge on any atom is -0.456 e. The van der Waals surface area contributed by atoms with Crippen molar-refractivity contribution in [1.29, 1.82) is 0 Å². The Morgan fingerprint density at radius 3 is 2.79 bits per heavy atom. The van der Waals surface area contributed by atoms with Gasteiger partial charge in [-0.2, -0.15) is 0 Å². The molecule has 0 aromatic carbocycles. The first kappa shape index (κ1) is 19.6. The molecule has 0 amide bonds. The van der Waals surface area contributed by atoms with Crippen LogP contribution in [0.4, 0.5) is 0 Å². The van der Waals surface area contributed by atoms with Crippen molar-refractivity contribution in [2.45, 2.75) is 45.0 Å². The number of hydrogen-bond acceptors (Lipinski definition) is 6. The Balaban J connectivity index is 1.80. The highest BCUT2D eigenvalue weighted by molar-refractivity contribution is 9.09. The van der Waals surface area contributed by atoms with E-state index in [0.717, 1.165) is 6.42 Å². The number of fused-ring (bicyclic) bond motifs is 2. The highest BCUT2D eigenvalue weighted by Gasteiger charge is 2.85. The average Bonchev–Trinajstić information content (AvgIpc) is 2.87. The van der Waals surface area contributed by atoms with E-state index in [4.69, 9.17) is 9.47 Å². The molecule has 0 radical (unpaired) electrons. The van der Waals surface area contributed by atoms with Crippen molar-refractivity contribution in [3.05, 3.63) is 24.3 Å². The third-order valence-electron chi connectivity index (χ3n) is 8.48. The lowest BCUT2D eigenvalue weighted by Crippen LogP contribution is -2.83. The molecule has 2 saturated heterocycles. The van der Waals surface area contributed by atoms with E-state index in [0.29, 0.717) is 18.4 Å². The number of hydrogen-bond donors (Lipinski definition) is 1. The minimum atomic E-state index is -1.97. The number of halogens is 1. The SMILES string of the molecule is C=C1C(=O)[C@]23C[C@H]1CC[C@H]2[C@@]12CO[C@@]3(O)[C@@H](OC(=O)CBr)[C@@H]1C(C)(C)C=CC2=O. The van der Waals surface area contributed by atoms with Crippen LogP contribution in [0, 0.1) is 34.0 Å². The molecule has 2 heterocycles. The van der Waals surface area contributed by atoms with Crippen molar-refractivity contribution < 1.29 is 29.0 Å². The molecule has 0 aromatic rings. The van der Waals surface area contributed by atoms with Crippen LogP contribution in [-0.4, -0.2) is 46.5 Å². The van der Waals surface area contributed by atoms with Crippen LogP contribution in [0.1, 0.15) is 33.1 Å². The second-order valence-electron chi connectivity index (χ2n) is 9.92. The molecule has 6 aliphatic rings. The zero-order valence-electron chi connectivity index (χ0n) is 16.6. The zero-order valence-corrected chi connectivity index (χ0v) is 18.2. The predicted octanol–water partition coefficient (Wildman–Crippen LogP) is 2.33. The number of rotatable bonds is 2. The summed E-state index contributed by atoms with van der Waals surface area (Å²) in [5.41, 5.74) is -2.34. The lowest BCUT2D eigenvalue weighted by molar-refractivity contribution is -0.421. The number of ether oxygens (including phenoxy) is 2. The highest BCUT2D eigenvalue weighted by Crippen LogP contribution is 2.75. The number of alkyl halides is 1. The Morgan fingerprint density at radius 1 is 1.38 bits per heavy atom. The van der Waals surface area contributed by atoms with Crippen LogP contribution in [0.2, 0.25) is 0 Å². The molecule has 6 nitrogen and oxygen atoms in total. The summed E-state index contributed by atoms with van der Waals surface area (Å²) < 4.78 is 11.8. The summed E-state index contributed by atoms with van der Waals surface area (Å²) in [4.78, 5) is 39.4. The van der Waals surface area contributed by atoms with Gasteiger partial charge in [-0.3, -0.25) is 14.4 Å². The number of esters is 1. The van der Waals surface area contributed by atoms with E-state index in [9.17, 15) is 19.5 Å². The lowest BCUT2D eigenvalue weighted by Gasteiger charge is -2.71. The van der Waals surface area contributed by atoms with Crippen molar-refractivity contribution >= 4 is 33.5 Å². The monoisotopic (exact) mass is 464 g/mol. The molecule has 5 fully saturated rings. The molecule has 0 unspecified atom stereocenters. The fourth-order valence-corrected chi connectivity index (χ4v) is 7.57. The predicted molar refractivity (Wildman–Crippen MR) is 106 cm³/mol. The van der Waals surface area contributed by atoms with Gasteiger partial charge in [0.2, 0.25) is 5.79 Å². The van der Waals surface area contributed by atoms with Gasteiger partial charge in [-0.15, -0.1) is 0 Å². The van der Waals surface area contributed by atoms with Crippen molar-refractivity contribution in [1.82, 2.24) is 0 Å². The number of allylic oxidation sites excluding steroid dienone is 3. The third kappa shape index (κ3) is 1.98. The quantitative estimate of drug-likeness (QED) is 0.383. The molecule has 4 bridgehead atoms. The third-order valence-corrected chi connectivity index (χ3v) is 8.94. The van der Waals surface area contributed by atoms with Gasteiger partial charge in [-0.05, 0) is 48.2 Å². The molecule has 2 aliphatic heterocycles. The molecule has 29 heavy (non-hydrogen) atoms. The van der Waals surface area contributed by atoms with Gasteiger partial charge < -0.3 is 14.6 Å². The number of aliphatic hydroxyl groups is 1. The first-order valence-electron chi connectivity index (χ1n) is 10.2.